The number of aryl methyl sites for hydroxylation is 1. The molecule has 0 aliphatic carbocycles. The minimum atomic E-state index is -3.42. The van der Waals surface area contributed by atoms with Gasteiger partial charge in [-0.15, -0.1) is 0 Å². The summed E-state index contributed by atoms with van der Waals surface area (Å²) in [6, 6.07) is 9.05. The van der Waals surface area contributed by atoms with Crippen LogP contribution in [0.25, 0.3) is 11.3 Å². The highest BCUT2D eigenvalue weighted by molar-refractivity contribution is 7.54. The van der Waals surface area contributed by atoms with Crippen molar-refractivity contribution in [3.05, 3.63) is 42.4 Å². The van der Waals surface area contributed by atoms with Crippen molar-refractivity contribution in [2.75, 3.05) is 24.7 Å². The van der Waals surface area contributed by atoms with Crippen LogP contribution in [-0.4, -0.2) is 35.3 Å². The zero-order valence-corrected chi connectivity index (χ0v) is 15.5. The molecule has 0 spiro atoms. The number of hydrogen-bond donors (Lipinski definition) is 1. The Balaban J connectivity index is 2.11. The van der Waals surface area contributed by atoms with Gasteiger partial charge in [0.25, 0.3) is 0 Å². The number of nitrogens with zero attached hydrogens (tertiary/aromatic N) is 2. The Morgan fingerprint density at radius 2 is 1.92 bits per heavy atom. The van der Waals surface area contributed by atoms with Gasteiger partial charge in [0, 0.05) is 17.4 Å². The van der Waals surface area contributed by atoms with E-state index in [0.29, 0.717) is 11.5 Å². The number of rotatable bonds is 8. The van der Waals surface area contributed by atoms with Crippen LogP contribution in [0.1, 0.15) is 19.7 Å². The van der Waals surface area contributed by atoms with Crippen molar-refractivity contribution in [3.8, 4) is 11.3 Å². The van der Waals surface area contributed by atoms with Crippen LogP contribution in [0.2, 0.25) is 0 Å². The first kappa shape index (κ1) is 19.2. The highest BCUT2D eigenvalue weighted by atomic mass is 31.2. The van der Waals surface area contributed by atoms with Crippen LogP contribution in [0.15, 0.2) is 36.5 Å². The molecule has 1 amide bonds. The SMILES string of the molecule is CCOP(=O)(CC(=O)Nc1cccc(-c2ccnc(C)n2)c1)OCC. The summed E-state index contributed by atoms with van der Waals surface area (Å²) in [7, 11) is -3.42. The zero-order valence-electron chi connectivity index (χ0n) is 14.6. The van der Waals surface area contributed by atoms with Crippen LogP contribution in [0.3, 0.4) is 0 Å². The fourth-order valence-corrected chi connectivity index (χ4v) is 3.75. The molecule has 1 aromatic heterocycles. The lowest BCUT2D eigenvalue weighted by atomic mass is 10.1. The van der Waals surface area contributed by atoms with E-state index in [0.717, 1.165) is 11.3 Å². The number of benzene rings is 1. The topological polar surface area (TPSA) is 90.4 Å². The smallest absolute Gasteiger partial charge is 0.326 e. The van der Waals surface area contributed by atoms with E-state index in [1.54, 1.807) is 38.2 Å². The summed E-state index contributed by atoms with van der Waals surface area (Å²) in [5, 5.41) is 2.72. The van der Waals surface area contributed by atoms with Gasteiger partial charge in [-0.1, -0.05) is 12.1 Å². The Kier molecular flexibility index (Phi) is 6.82. The molecule has 25 heavy (non-hydrogen) atoms. The molecule has 1 heterocycles. The number of amides is 1. The molecular weight excluding hydrogens is 341 g/mol. The van der Waals surface area contributed by atoms with Gasteiger partial charge in [0.2, 0.25) is 5.91 Å². The van der Waals surface area contributed by atoms with Crippen LogP contribution >= 0.6 is 7.60 Å². The van der Waals surface area contributed by atoms with Gasteiger partial charge >= 0.3 is 7.60 Å². The minimum Gasteiger partial charge on any atom is -0.326 e. The van der Waals surface area contributed by atoms with E-state index in [1.165, 1.54) is 0 Å². The molecule has 2 rings (SSSR count). The van der Waals surface area contributed by atoms with Crippen molar-refractivity contribution < 1.29 is 18.4 Å². The monoisotopic (exact) mass is 363 g/mol. The molecular formula is C17H22N3O4P. The molecule has 0 saturated heterocycles. The normalized spacial score (nSPS) is 11.3. The third-order valence-electron chi connectivity index (χ3n) is 3.21. The Morgan fingerprint density at radius 1 is 1.20 bits per heavy atom. The Hall–Kier alpha value is -2.08. The molecule has 0 atom stereocenters. The number of aromatic nitrogens is 2. The van der Waals surface area contributed by atoms with Crippen LogP contribution in [0, 0.1) is 6.92 Å². The van der Waals surface area contributed by atoms with E-state index >= 15 is 0 Å². The number of hydrogen-bond acceptors (Lipinski definition) is 6. The number of carbonyl (C=O) groups excluding carboxylic acids is 1. The number of nitrogens with one attached hydrogen (secondary N) is 1. The molecule has 1 aromatic carbocycles. The average Bonchev–Trinajstić information content (AvgIpc) is 2.55. The zero-order chi connectivity index (χ0) is 18.3. The summed E-state index contributed by atoms with van der Waals surface area (Å²) in [5.74, 6) is 0.238. The summed E-state index contributed by atoms with van der Waals surface area (Å²) in [6.45, 7) is 5.65. The number of carbonyl (C=O) groups is 1. The molecule has 8 heteroatoms. The highest BCUT2D eigenvalue weighted by Crippen LogP contribution is 2.47. The fourth-order valence-electron chi connectivity index (χ4n) is 2.27. The molecule has 0 aliphatic rings. The second-order valence-electron chi connectivity index (χ2n) is 5.22. The Morgan fingerprint density at radius 3 is 2.56 bits per heavy atom. The summed E-state index contributed by atoms with van der Waals surface area (Å²) >= 11 is 0. The summed E-state index contributed by atoms with van der Waals surface area (Å²) in [6.07, 6.45) is 1.36. The van der Waals surface area contributed by atoms with Gasteiger partial charge in [-0.25, -0.2) is 9.97 Å². The van der Waals surface area contributed by atoms with Gasteiger partial charge in [-0.3, -0.25) is 9.36 Å². The molecule has 0 radical (unpaired) electrons. The van der Waals surface area contributed by atoms with Crippen LogP contribution in [0.4, 0.5) is 5.69 Å². The van der Waals surface area contributed by atoms with Gasteiger partial charge in [-0.05, 0) is 39.0 Å². The summed E-state index contributed by atoms with van der Waals surface area (Å²) in [4.78, 5) is 20.6. The molecule has 1 N–H and O–H groups in total. The second kappa shape index (κ2) is 8.85. The van der Waals surface area contributed by atoms with Crippen LogP contribution < -0.4 is 5.32 Å². The first-order valence-corrected chi connectivity index (χ1v) is 9.76. The van der Waals surface area contributed by atoms with Gasteiger partial charge in [0.1, 0.15) is 12.0 Å². The maximum atomic E-state index is 12.4. The molecule has 134 valence electrons. The van der Waals surface area contributed by atoms with E-state index in [4.69, 9.17) is 9.05 Å². The lowest BCUT2D eigenvalue weighted by Crippen LogP contribution is -2.18. The lowest BCUT2D eigenvalue weighted by Gasteiger charge is -2.16. The van der Waals surface area contributed by atoms with Gasteiger partial charge in [0.05, 0.1) is 18.9 Å². The van der Waals surface area contributed by atoms with Crippen molar-refractivity contribution in [2.45, 2.75) is 20.8 Å². The van der Waals surface area contributed by atoms with Crippen molar-refractivity contribution >= 4 is 19.2 Å². The molecule has 0 fully saturated rings. The predicted molar refractivity (Wildman–Crippen MR) is 96.6 cm³/mol. The maximum absolute atomic E-state index is 12.4. The number of anilines is 1. The summed E-state index contributed by atoms with van der Waals surface area (Å²) in [5.41, 5.74) is 2.19. The third-order valence-corrected chi connectivity index (χ3v) is 5.18. The highest BCUT2D eigenvalue weighted by Gasteiger charge is 2.27. The third kappa shape index (κ3) is 5.74. The standard InChI is InChI=1S/C17H22N3O4P/c1-4-23-25(22,24-5-2)12-17(21)20-15-8-6-7-14(11-15)16-9-10-18-13(3)19-16/h6-11H,4-5,12H2,1-3H3,(H,20,21). The molecule has 0 aliphatic heterocycles. The first-order valence-electron chi connectivity index (χ1n) is 8.04. The van der Waals surface area contributed by atoms with E-state index in [2.05, 4.69) is 15.3 Å². The molecule has 2 aromatic rings. The van der Waals surface area contributed by atoms with E-state index in [-0.39, 0.29) is 19.4 Å². The molecule has 0 unspecified atom stereocenters. The quantitative estimate of drug-likeness (QED) is 0.720. The Bertz CT molecular complexity index is 772. The van der Waals surface area contributed by atoms with Gasteiger partial charge in [0.15, 0.2) is 0 Å². The summed E-state index contributed by atoms with van der Waals surface area (Å²) < 4.78 is 22.7. The van der Waals surface area contributed by atoms with E-state index in [1.807, 2.05) is 19.1 Å². The van der Waals surface area contributed by atoms with Gasteiger partial charge in [-0.2, -0.15) is 0 Å². The lowest BCUT2D eigenvalue weighted by molar-refractivity contribution is -0.114. The molecule has 0 bridgehead atoms. The predicted octanol–water partition coefficient (Wildman–Crippen LogP) is 3.66. The van der Waals surface area contributed by atoms with Crippen molar-refractivity contribution in [1.29, 1.82) is 0 Å². The van der Waals surface area contributed by atoms with E-state index in [9.17, 15) is 9.36 Å². The fraction of sp³-hybridized carbons (Fsp3) is 0.353. The maximum Gasteiger partial charge on any atom is 0.340 e. The minimum absolute atomic E-state index is 0.215. The molecule has 7 nitrogen and oxygen atoms in total. The van der Waals surface area contributed by atoms with Crippen molar-refractivity contribution in [2.24, 2.45) is 0 Å². The second-order valence-corrected chi connectivity index (χ2v) is 7.28. The van der Waals surface area contributed by atoms with Crippen LogP contribution in [0.5, 0.6) is 0 Å². The average molecular weight is 363 g/mol. The van der Waals surface area contributed by atoms with Crippen LogP contribution in [-0.2, 0) is 18.4 Å². The van der Waals surface area contributed by atoms with Gasteiger partial charge < -0.3 is 14.4 Å². The van der Waals surface area contributed by atoms with Crippen molar-refractivity contribution in [3.63, 3.8) is 0 Å². The Labute approximate surface area is 147 Å². The molecule has 0 saturated carbocycles. The van der Waals surface area contributed by atoms with Crippen molar-refractivity contribution in [1.82, 2.24) is 9.97 Å². The largest absolute Gasteiger partial charge is 0.340 e. The first-order chi connectivity index (χ1) is 12.0. The van der Waals surface area contributed by atoms with E-state index < -0.39 is 13.5 Å².